The summed E-state index contributed by atoms with van der Waals surface area (Å²) in [6.07, 6.45) is 5.66. The minimum atomic E-state index is -0.461. The minimum absolute atomic E-state index is 0.0256. The lowest BCUT2D eigenvalue weighted by Crippen LogP contribution is -2.30. The van der Waals surface area contributed by atoms with Crippen molar-refractivity contribution in [2.45, 2.75) is 66.2 Å². The van der Waals surface area contributed by atoms with Crippen molar-refractivity contribution >= 4 is 17.6 Å². The van der Waals surface area contributed by atoms with Gasteiger partial charge in [0, 0.05) is 23.0 Å². The van der Waals surface area contributed by atoms with Crippen LogP contribution in [0.2, 0.25) is 0 Å². The van der Waals surface area contributed by atoms with E-state index in [1.54, 1.807) is 24.3 Å². The van der Waals surface area contributed by atoms with E-state index in [9.17, 15) is 14.4 Å². The van der Waals surface area contributed by atoms with Gasteiger partial charge in [-0.15, -0.1) is 0 Å². The number of nitrogens with one attached hydrogen (secondary N) is 1. The molecule has 1 aromatic rings. The Labute approximate surface area is 145 Å². The summed E-state index contributed by atoms with van der Waals surface area (Å²) in [5.41, 5.74) is 0.499. The molecule has 0 fully saturated rings. The summed E-state index contributed by atoms with van der Waals surface area (Å²) in [5, 5.41) is 2.40. The Kier molecular flexibility index (Phi) is 7.83. The molecule has 0 atom stereocenters. The van der Waals surface area contributed by atoms with Crippen LogP contribution in [0.15, 0.2) is 24.3 Å². The maximum atomic E-state index is 12.2. The highest BCUT2D eigenvalue weighted by molar-refractivity contribution is 6.05. The second-order valence-electron chi connectivity index (χ2n) is 7.20. The highest BCUT2D eigenvalue weighted by Crippen LogP contribution is 2.20. The SMILES string of the molecule is CCCCCCCC(=O)NC(=O)c1ccc(C(=O)C(C)(C)C)cc1. The van der Waals surface area contributed by atoms with Gasteiger partial charge in [0.2, 0.25) is 5.91 Å². The van der Waals surface area contributed by atoms with Crippen LogP contribution in [0.1, 0.15) is 86.9 Å². The molecule has 132 valence electrons. The fourth-order valence-corrected chi connectivity index (χ4v) is 2.36. The molecule has 1 aromatic carbocycles. The number of benzene rings is 1. The van der Waals surface area contributed by atoms with Crippen LogP contribution in [-0.4, -0.2) is 17.6 Å². The fraction of sp³-hybridized carbons (Fsp3) is 0.550. The zero-order valence-electron chi connectivity index (χ0n) is 15.3. The van der Waals surface area contributed by atoms with Gasteiger partial charge in [-0.05, 0) is 18.6 Å². The highest BCUT2D eigenvalue weighted by atomic mass is 16.2. The Bertz CT molecular complexity index is 568. The normalized spacial score (nSPS) is 11.2. The fourth-order valence-electron chi connectivity index (χ4n) is 2.36. The van der Waals surface area contributed by atoms with Crippen LogP contribution in [0, 0.1) is 5.41 Å². The molecule has 0 aliphatic carbocycles. The lowest BCUT2D eigenvalue weighted by atomic mass is 9.86. The van der Waals surface area contributed by atoms with E-state index < -0.39 is 11.3 Å². The van der Waals surface area contributed by atoms with Crippen molar-refractivity contribution in [3.63, 3.8) is 0 Å². The minimum Gasteiger partial charge on any atom is -0.294 e. The van der Waals surface area contributed by atoms with Gasteiger partial charge in [-0.2, -0.15) is 0 Å². The monoisotopic (exact) mass is 331 g/mol. The Morgan fingerprint density at radius 1 is 0.875 bits per heavy atom. The standard InChI is InChI=1S/C20H29NO3/c1-5-6-7-8-9-10-17(22)21-19(24)16-13-11-15(12-14-16)18(23)20(2,3)4/h11-14H,5-10H2,1-4H3,(H,21,22,24). The zero-order valence-corrected chi connectivity index (χ0v) is 15.3. The summed E-state index contributed by atoms with van der Waals surface area (Å²) >= 11 is 0. The molecule has 1 N–H and O–H groups in total. The van der Waals surface area contributed by atoms with Crippen molar-refractivity contribution < 1.29 is 14.4 Å². The number of amides is 2. The lowest BCUT2D eigenvalue weighted by molar-refractivity contribution is -0.120. The highest BCUT2D eigenvalue weighted by Gasteiger charge is 2.23. The van der Waals surface area contributed by atoms with Crippen molar-refractivity contribution in [3.05, 3.63) is 35.4 Å². The van der Waals surface area contributed by atoms with Crippen LogP contribution in [0.4, 0.5) is 0 Å². The number of hydrogen-bond acceptors (Lipinski definition) is 3. The van der Waals surface area contributed by atoms with E-state index in [4.69, 9.17) is 0 Å². The number of ketones is 1. The van der Waals surface area contributed by atoms with Gasteiger partial charge in [-0.1, -0.05) is 65.5 Å². The summed E-state index contributed by atoms with van der Waals surface area (Å²) in [5.74, 6) is -0.632. The largest absolute Gasteiger partial charge is 0.294 e. The molecular weight excluding hydrogens is 302 g/mol. The molecule has 0 bridgehead atoms. The first kappa shape index (κ1) is 20.1. The van der Waals surface area contributed by atoms with Gasteiger partial charge >= 0.3 is 0 Å². The molecule has 0 saturated heterocycles. The smallest absolute Gasteiger partial charge is 0.257 e. The molecule has 0 spiro atoms. The van der Waals surface area contributed by atoms with E-state index >= 15 is 0 Å². The van der Waals surface area contributed by atoms with Gasteiger partial charge in [-0.25, -0.2) is 0 Å². The summed E-state index contributed by atoms with van der Waals surface area (Å²) in [6.45, 7) is 7.71. The predicted octanol–water partition coefficient (Wildman–Crippen LogP) is 4.53. The Morgan fingerprint density at radius 2 is 1.42 bits per heavy atom. The molecule has 0 radical (unpaired) electrons. The summed E-state index contributed by atoms with van der Waals surface area (Å²) in [6, 6.07) is 6.45. The van der Waals surface area contributed by atoms with Crippen LogP contribution in [-0.2, 0) is 4.79 Å². The molecule has 24 heavy (non-hydrogen) atoms. The molecular formula is C20H29NO3. The Balaban J connectivity index is 2.51. The van der Waals surface area contributed by atoms with Crippen LogP contribution >= 0.6 is 0 Å². The van der Waals surface area contributed by atoms with Crippen LogP contribution in [0.5, 0.6) is 0 Å². The second-order valence-corrected chi connectivity index (χ2v) is 7.20. The van der Waals surface area contributed by atoms with Crippen molar-refractivity contribution in [2.75, 3.05) is 0 Å². The Hall–Kier alpha value is -1.97. The van der Waals surface area contributed by atoms with Crippen LogP contribution < -0.4 is 5.32 Å². The van der Waals surface area contributed by atoms with Gasteiger partial charge in [0.25, 0.3) is 5.91 Å². The molecule has 2 amide bonds. The zero-order chi connectivity index (χ0) is 18.2. The molecule has 0 aromatic heterocycles. The van der Waals surface area contributed by atoms with Gasteiger partial charge in [0.05, 0.1) is 0 Å². The quantitative estimate of drug-likeness (QED) is 0.562. The summed E-state index contributed by atoms with van der Waals surface area (Å²) < 4.78 is 0. The molecule has 0 heterocycles. The number of hydrogen-bond donors (Lipinski definition) is 1. The average Bonchev–Trinajstić information content (AvgIpc) is 2.53. The van der Waals surface area contributed by atoms with Gasteiger partial charge in [-0.3, -0.25) is 19.7 Å². The molecule has 4 heteroatoms. The number of Topliss-reactive ketones (excluding diaryl/α,β-unsaturated/α-hetero) is 1. The summed E-state index contributed by atoms with van der Waals surface area (Å²) in [7, 11) is 0. The van der Waals surface area contributed by atoms with Crippen LogP contribution in [0.25, 0.3) is 0 Å². The van der Waals surface area contributed by atoms with Crippen molar-refractivity contribution in [1.82, 2.24) is 5.32 Å². The second kappa shape index (κ2) is 9.36. The molecule has 1 rings (SSSR count). The summed E-state index contributed by atoms with van der Waals surface area (Å²) in [4.78, 5) is 36.0. The predicted molar refractivity (Wildman–Crippen MR) is 96.1 cm³/mol. The topological polar surface area (TPSA) is 63.2 Å². The van der Waals surface area contributed by atoms with E-state index in [0.717, 1.165) is 19.3 Å². The number of unbranched alkanes of at least 4 members (excludes halogenated alkanes) is 4. The van der Waals surface area contributed by atoms with Gasteiger partial charge in [0.15, 0.2) is 5.78 Å². The number of carbonyl (C=O) groups is 3. The molecule has 0 saturated carbocycles. The van der Waals surface area contributed by atoms with E-state index in [1.807, 2.05) is 20.8 Å². The Morgan fingerprint density at radius 3 is 1.96 bits per heavy atom. The molecule has 4 nitrogen and oxygen atoms in total. The number of carbonyl (C=O) groups excluding carboxylic acids is 3. The first-order valence-electron chi connectivity index (χ1n) is 8.74. The van der Waals surface area contributed by atoms with E-state index in [0.29, 0.717) is 17.5 Å². The third-order valence-electron chi connectivity index (χ3n) is 3.85. The van der Waals surface area contributed by atoms with Gasteiger partial charge in [0.1, 0.15) is 0 Å². The molecule has 0 unspecified atom stereocenters. The molecule has 0 aliphatic heterocycles. The maximum Gasteiger partial charge on any atom is 0.257 e. The van der Waals surface area contributed by atoms with Gasteiger partial charge < -0.3 is 0 Å². The maximum absolute atomic E-state index is 12.2. The third-order valence-corrected chi connectivity index (χ3v) is 3.85. The first-order chi connectivity index (χ1) is 11.3. The third kappa shape index (κ3) is 6.65. The van der Waals surface area contributed by atoms with Crippen molar-refractivity contribution in [1.29, 1.82) is 0 Å². The van der Waals surface area contributed by atoms with Crippen LogP contribution in [0.3, 0.4) is 0 Å². The molecule has 0 aliphatic rings. The lowest BCUT2D eigenvalue weighted by Gasteiger charge is -2.16. The van der Waals surface area contributed by atoms with Crippen molar-refractivity contribution in [3.8, 4) is 0 Å². The van der Waals surface area contributed by atoms with E-state index in [1.165, 1.54) is 12.8 Å². The average molecular weight is 331 g/mol. The number of rotatable bonds is 8. The van der Waals surface area contributed by atoms with E-state index in [-0.39, 0.29) is 11.7 Å². The van der Waals surface area contributed by atoms with Crippen molar-refractivity contribution in [2.24, 2.45) is 5.41 Å². The first-order valence-corrected chi connectivity index (χ1v) is 8.74. The van der Waals surface area contributed by atoms with E-state index in [2.05, 4.69) is 12.2 Å². The number of imide groups is 1.